The van der Waals surface area contributed by atoms with Crippen molar-refractivity contribution in [3.8, 4) is 0 Å². The molecule has 0 unspecified atom stereocenters. The summed E-state index contributed by atoms with van der Waals surface area (Å²) in [6.45, 7) is 6.02. The molecule has 4 nitrogen and oxygen atoms in total. The highest BCUT2D eigenvalue weighted by Gasteiger charge is 2.00. The number of ether oxygens (including phenoxy) is 1. The van der Waals surface area contributed by atoms with Crippen LogP contribution in [0.5, 0.6) is 0 Å². The minimum Gasteiger partial charge on any atom is -0.380 e. The minimum absolute atomic E-state index is 0.116. The lowest BCUT2D eigenvalue weighted by Gasteiger charge is -2.07. The molecule has 0 fully saturated rings. The van der Waals surface area contributed by atoms with E-state index in [1.165, 1.54) is 6.26 Å². The van der Waals surface area contributed by atoms with E-state index < -0.39 is 9.84 Å². The van der Waals surface area contributed by atoms with Crippen LogP contribution >= 0.6 is 0 Å². The second-order valence-electron chi connectivity index (χ2n) is 3.70. The first-order chi connectivity index (χ1) is 6.42. The van der Waals surface area contributed by atoms with Gasteiger partial charge in [0.05, 0.1) is 12.4 Å². The SMILES string of the molecule is CC(C)NCCCOCCS(C)(=O)=O. The number of hydrogen-bond donors (Lipinski definition) is 1. The lowest BCUT2D eigenvalue weighted by molar-refractivity contribution is 0.146. The summed E-state index contributed by atoms with van der Waals surface area (Å²) in [5.41, 5.74) is 0. The molecule has 0 aromatic rings. The van der Waals surface area contributed by atoms with Crippen molar-refractivity contribution in [2.45, 2.75) is 26.3 Å². The van der Waals surface area contributed by atoms with Crippen molar-refractivity contribution < 1.29 is 13.2 Å². The summed E-state index contributed by atoms with van der Waals surface area (Å²) in [7, 11) is -2.87. The zero-order valence-electron chi connectivity index (χ0n) is 9.25. The molecule has 0 rings (SSSR count). The monoisotopic (exact) mass is 223 g/mol. The Morgan fingerprint density at radius 1 is 1.29 bits per heavy atom. The van der Waals surface area contributed by atoms with Gasteiger partial charge >= 0.3 is 0 Å². The van der Waals surface area contributed by atoms with Gasteiger partial charge in [-0.1, -0.05) is 13.8 Å². The van der Waals surface area contributed by atoms with Gasteiger partial charge in [0.2, 0.25) is 0 Å². The Morgan fingerprint density at radius 2 is 1.93 bits per heavy atom. The van der Waals surface area contributed by atoms with Crippen molar-refractivity contribution in [1.29, 1.82) is 0 Å². The lowest BCUT2D eigenvalue weighted by Crippen LogP contribution is -2.24. The number of nitrogens with one attached hydrogen (secondary N) is 1. The molecule has 0 bridgehead atoms. The predicted octanol–water partition coefficient (Wildman–Crippen LogP) is 0.436. The quantitative estimate of drug-likeness (QED) is 0.607. The molecular weight excluding hydrogens is 202 g/mol. The molecule has 0 aliphatic heterocycles. The highest BCUT2D eigenvalue weighted by Crippen LogP contribution is 1.87. The molecule has 0 aliphatic rings. The van der Waals surface area contributed by atoms with E-state index in [4.69, 9.17) is 4.74 Å². The van der Waals surface area contributed by atoms with E-state index in [0.29, 0.717) is 19.3 Å². The van der Waals surface area contributed by atoms with Crippen molar-refractivity contribution in [1.82, 2.24) is 5.32 Å². The number of rotatable bonds is 8. The summed E-state index contributed by atoms with van der Waals surface area (Å²) in [6, 6.07) is 0.492. The van der Waals surface area contributed by atoms with Crippen molar-refractivity contribution in [3.63, 3.8) is 0 Å². The van der Waals surface area contributed by atoms with Crippen LogP contribution in [0.1, 0.15) is 20.3 Å². The van der Waals surface area contributed by atoms with Gasteiger partial charge < -0.3 is 10.1 Å². The van der Waals surface area contributed by atoms with Gasteiger partial charge in [-0.3, -0.25) is 0 Å². The van der Waals surface area contributed by atoms with Crippen LogP contribution < -0.4 is 5.32 Å². The van der Waals surface area contributed by atoms with Crippen LogP contribution in [0, 0.1) is 0 Å². The van der Waals surface area contributed by atoms with E-state index in [2.05, 4.69) is 19.2 Å². The van der Waals surface area contributed by atoms with E-state index in [1.807, 2.05) is 0 Å². The fourth-order valence-corrected chi connectivity index (χ4v) is 1.30. The first kappa shape index (κ1) is 13.9. The third kappa shape index (κ3) is 11.9. The Hall–Kier alpha value is -0.130. The molecule has 0 radical (unpaired) electrons. The summed E-state index contributed by atoms with van der Waals surface area (Å²) >= 11 is 0. The van der Waals surface area contributed by atoms with Crippen LogP contribution in [0.3, 0.4) is 0 Å². The molecular formula is C9H21NO3S. The predicted molar refractivity (Wildman–Crippen MR) is 58.3 cm³/mol. The summed E-state index contributed by atoms with van der Waals surface area (Å²) in [6.07, 6.45) is 2.14. The van der Waals surface area contributed by atoms with Crippen molar-refractivity contribution in [3.05, 3.63) is 0 Å². The highest BCUT2D eigenvalue weighted by molar-refractivity contribution is 7.90. The zero-order chi connectivity index (χ0) is 11.0. The molecule has 0 aliphatic carbocycles. The van der Waals surface area contributed by atoms with Gasteiger partial charge in [0.1, 0.15) is 9.84 Å². The highest BCUT2D eigenvalue weighted by atomic mass is 32.2. The van der Waals surface area contributed by atoms with Gasteiger partial charge in [0.25, 0.3) is 0 Å². The van der Waals surface area contributed by atoms with Crippen LogP contribution in [0.25, 0.3) is 0 Å². The standard InChI is InChI=1S/C9H21NO3S/c1-9(2)10-5-4-6-13-7-8-14(3,11)12/h9-10H,4-8H2,1-3H3. The molecule has 0 amide bonds. The van der Waals surface area contributed by atoms with Crippen LogP contribution in [0.15, 0.2) is 0 Å². The first-order valence-corrected chi connectivity index (χ1v) is 6.97. The summed E-state index contributed by atoms with van der Waals surface area (Å²) in [5, 5.41) is 3.25. The topological polar surface area (TPSA) is 55.4 Å². The molecule has 0 saturated carbocycles. The molecule has 5 heteroatoms. The Labute approximate surface area is 86.9 Å². The van der Waals surface area contributed by atoms with Gasteiger partial charge in [0, 0.05) is 18.9 Å². The maximum atomic E-state index is 10.7. The Bertz CT molecular complexity index is 224. The average Bonchev–Trinajstić information content (AvgIpc) is 2.00. The Balaban J connectivity index is 3.15. The molecule has 1 N–H and O–H groups in total. The van der Waals surface area contributed by atoms with Gasteiger partial charge in [-0.2, -0.15) is 0 Å². The minimum atomic E-state index is -2.87. The summed E-state index contributed by atoms with van der Waals surface area (Å²) in [4.78, 5) is 0. The first-order valence-electron chi connectivity index (χ1n) is 4.90. The van der Waals surface area contributed by atoms with Gasteiger partial charge in [-0.25, -0.2) is 8.42 Å². The molecule has 0 atom stereocenters. The third-order valence-corrected chi connectivity index (χ3v) is 2.52. The van der Waals surface area contributed by atoms with Crippen LogP contribution in [-0.4, -0.2) is 46.2 Å². The van der Waals surface area contributed by atoms with E-state index >= 15 is 0 Å². The molecule has 0 saturated heterocycles. The summed E-state index contributed by atoms with van der Waals surface area (Å²) in [5.74, 6) is 0.116. The number of hydrogen-bond acceptors (Lipinski definition) is 4. The molecule has 86 valence electrons. The third-order valence-electron chi connectivity index (χ3n) is 1.62. The normalized spacial score (nSPS) is 12.3. The molecule has 0 heterocycles. The lowest BCUT2D eigenvalue weighted by atomic mass is 10.3. The second kappa shape index (κ2) is 7.20. The number of sulfone groups is 1. The molecule has 0 aromatic heterocycles. The van der Waals surface area contributed by atoms with E-state index in [1.54, 1.807) is 0 Å². The average molecular weight is 223 g/mol. The molecule has 14 heavy (non-hydrogen) atoms. The Morgan fingerprint density at radius 3 is 2.43 bits per heavy atom. The van der Waals surface area contributed by atoms with E-state index in [9.17, 15) is 8.42 Å². The zero-order valence-corrected chi connectivity index (χ0v) is 10.1. The molecule has 0 spiro atoms. The second-order valence-corrected chi connectivity index (χ2v) is 5.96. The van der Waals surface area contributed by atoms with E-state index in [0.717, 1.165) is 13.0 Å². The maximum absolute atomic E-state index is 10.7. The van der Waals surface area contributed by atoms with Crippen molar-refractivity contribution in [2.24, 2.45) is 0 Å². The van der Waals surface area contributed by atoms with Crippen molar-refractivity contribution in [2.75, 3.05) is 31.8 Å². The fraction of sp³-hybridized carbons (Fsp3) is 1.00. The largest absolute Gasteiger partial charge is 0.380 e. The Kier molecular flexibility index (Phi) is 7.13. The van der Waals surface area contributed by atoms with Crippen LogP contribution in [0.4, 0.5) is 0 Å². The smallest absolute Gasteiger partial charge is 0.149 e. The molecule has 0 aromatic carbocycles. The van der Waals surface area contributed by atoms with Gasteiger partial charge in [-0.15, -0.1) is 0 Å². The maximum Gasteiger partial charge on any atom is 0.149 e. The van der Waals surface area contributed by atoms with Gasteiger partial charge in [0.15, 0.2) is 0 Å². The van der Waals surface area contributed by atoms with Gasteiger partial charge in [-0.05, 0) is 13.0 Å². The summed E-state index contributed by atoms with van der Waals surface area (Å²) < 4.78 is 26.6. The fourth-order valence-electron chi connectivity index (χ4n) is 0.877. The van der Waals surface area contributed by atoms with Crippen LogP contribution in [0.2, 0.25) is 0 Å². The van der Waals surface area contributed by atoms with E-state index in [-0.39, 0.29) is 5.75 Å². The van der Waals surface area contributed by atoms with Crippen molar-refractivity contribution >= 4 is 9.84 Å². The van der Waals surface area contributed by atoms with Crippen LogP contribution in [-0.2, 0) is 14.6 Å².